The minimum Gasteiger partial charge on any atom is -0.451 e. The van der Waals surface area contributed by atoms with Crippen LogP contribution in [0.3, 0.4) is 0 Å². The molecule has 0 unspecified atom stereocenters. The van der Waals surface area contributed by atoms with Crippen LogP contribution in [-0.4, -0.2) is 11.8 Å². The average Bonchev–Trinajstić information content (AvgIpc) is 2.49. The molecule has 0 spiro atoms. The van der Waals surface area contributed by atoms with Crippen LogP contribution in [0.4, 0.5) is 0 Å². The zero-order valence-electron chi connectivity index (χ0n) is 8.83. The third kappa shape index (κ3) is 1.81. The van der Waals surface area contributed by atoms with Crippen molar-refractivity contribution in [3.05, 3.63) is 17.8 Å². The van der Waals surface area contributed by atoms with Crippen LogP contribution in [0.5, 0.6) is 11.6 Å². The van der Waals surface area contributed by atoms with Gasteiger partial charge in [0.05, 0.1) is 0 Å². The van der Waals surface area contributed by atoms with Gasteiger partial charge in [0.25, 0.3) is 5.88 Å². The molecule has 0 aliphatic carbocycles. The van der Waals surface area contributed by atoms with E-state index in [4.69, 9.17) is 9.47 Å². The normalized spacial score (nSPS) is 14.5. The van der Waals surface area contributed by atoms with Crippen LogP contribution >= 0.6 is 0 Å². The summed E-state index contributed by atoms with van der Waals surface area (Å²) < 4.78 is 10.6. The van der Waals surface area contributed by atoms with E-state index < -0.39 is 0 Å². The molecule has 1 aromatic heterocycles. The summed E-state index contributed by atoms with van der Waals surface area (Å²) in [6, 6.07) is 2.00. The molecule has 0 amide bonds. The first-order valence-corrected chi connectivity index (χ1v) is 4.80. The second-order valence-electron chi connectivity index (χ2n) is 4.75. The highest BCUT2D eigenvalue weighted by molar-refractivity contribution is 5.43. The maximum Gasteiger partial charge on any atom is 0.260 e. The Morgan fingerprint density at radius 3 is 2.86 bits per heavy atom. The molecule has 3 heteroatoms. The van der Waals surface area contributed by atoms with Crippen LogP contribution in [-0.2, 0) is 6.42 Å². The number of aromatic nitrogens is 1. The summed E-state index contributed by atoms with van der Waals surface area (Å²) in [5.41, 5.74) is 1.43. The molecule has 0 saturated heterocycles. The summed E-state index contributed by atoms with van der Waals surface area (Å²) in [6.07, 6.45) is 2.75. The van der Waals surface area contributed by atoms with E-state index in [-0.39, 0.29) is 5.41 Å². The Balaban J connectivity index is 2.31. The van der Waals surface area contributed by atoms with Crippen molar-refractivity contribution in [3.63, 3.8) is 0 Å². The molecule has 0 fully saturated rings. The van der Waals surface area contributed by atoms with E-state index in [9.17, 15) is 0 Å². The van der Waals surface area contributed by atoms with Gasteiger partial charge in [-0.05, 0) is 17.9 Å². The van der Waals surface area contributed by atoms with Crippen LogP contribution in [0.1, 0.15) is 26.3 Å². The standard InChI is InChI=1S/C11H15NO2/c1-11(2,3)6-8-4-5-12-10-9(8)13-7-14-10/h4-5H,6-7H2,1-3H3. The van der Waals surface area contributed by atoms with Gasteiger partial charge in [0.15, 0.2) is 5.75 Å². The third-order valence-electron chi connectivity index (χ3n) is 2.07. The number of rotatable bonds is 1. The molecule has 2 heterocycles. The highest BCUT2D eigenvalue weighted by Crippen LogP contribution is 2.36. The van der Waals surface area contributed by atoms with Gasteiger partial charge in [0.1, 0.15) is 0 Å². The van der Waals surface area contributed by atoms with E-state index in [1.165, 1.54) is 5.56 Å². The highest BCUT2D eigenvalue weighted by atomic mass is 16.7. The topological polar surface area (TPSA) is 31.4 Å². The number of hydrogen-bond donors (Lipinski definition) is 0. The summed E-state index contributed by atoms with van der Waals surface area (Å²) >= 11 is 0. The molecule has 0 aromatic carbocycles. The Labute approximate surface area is 84.1 Å². The predicted molar refractivity (Wildman–Crippen MR) is 53.5 cm³/mol. The van der Waals surface area contributed by atoms with Crippen molar-refractivity contribution in [2.24, 2.45) is 5.41 Å². The van der Waals surface area contributed by atoms with Crippen LogP contribution in [0.2, 0.25) is 0 Å². The zero-order chi connectivity index (χ0) is 10.2. The van der Waals surface area contributed by atoms with Crippen molar-refractivity contribution in [3.8, 4) is 11.6 Å². The molecule has 0 atom stereocenters. The first kappa shape index (κ1) is 9.31. The van der Waals surface area contributed by atoms with Crippen molar-refractivity contribution in [1.82, 2.24) is 4.98 Å². The number of pyridine rings is 1. The maximum atomic E-state index is 5.39. The molecular weight excluding hydrogens is 178 g/mol. The SMILES string of the molecule is CC(C)(C)Cc1ccnc2c1OCO2. The lowest BCUT2D eigenvalue weighted by Crippen LogP contribution is -2.09. The summed E-state index contributed by atoms with van der Waals surface area (Å²) in [6.45, 7) is 6.91. The second kappa shape index (κ2) is 3.15. The van der Waals surface area contributed by atoms with Crippen LogP contribution in [0.15, 0.2) is 12.3 Å². The Kier molecular flexibility index (Phi) is 2.10. The fourth-order valence-electron chi connectivity index (χ4n) is 1.58. The summed E-state index contributed by atoms with van der Waals surface area (Å²) in [5, 5.41) is 0. The Bertz CT molecular complexity index is 342. The highest BCUT2D eigenvalue weighted by Gasteiger charge is 2.22. The molecule has 1 aliphatic heterocycles. The lowest BCUT2D eigenvalue weighted by molar-refractivity contribution is 0.170. The van der Waals surface area contributed by atoms with Gasteiger partial charge in [-0.2, -0.15) is 0 Å². The molecule has 2 rings (SSSR count). The molecule has 0 N–H and O–H groups in total. The number of ether oxygens (including phenoxy) is 2. The van der Waals surface area contributed by atoms with E-state index in [2.05, 4.69) is 25.8 Å². The Hall–Kier alpha value is -1.25. The first-order valence-electron chi connectivity index (χ1n) is 4.80. The minimum absolute atomic E-state index is 0.251. The molecule has 76 valence electrons. The molecule has 0 radical (unpaired) electrons. The summed E-state index contributed by atoms with van der Waals surface area (Å²) in [7, 11) is 0. The fraction of sp³-hybridized carbons (Fsp3) is 0.545. The number of nitrogens with zero attached hydrogens (tertiary/aromatic N) is 1. The lowest BCUT2D eigenvalue weighted by atomic mass is 9.88. The predicted octanol–water partition coefficient (Wildman–Crippen LogP) is 2.40. The van der Waals surface area contributed by atoms with Crippen LogP contribution in [0, 0.1) is 5.41 Å². The molecule has 1 aliphatic rings. The summed E-state index contributed by atoms with van der Waals surface area (Å²) in [5.74, 6) is 1.45. The van der Waals surface area contributed by atoms with Gasteiger partial charge in [-0.3, -0.25) is 0 Å². The Morgan fingerprint density at radius 1 is 1.36 bits per heavy atom. The zero-order valence-corrected chi connectivity index (χ0v) is 8.83. The molecule has 1 aromatic rings. The van der Waals surface area contributed by atoms with Gasteiger partial charge in [-0.25, -0.2) is 4.98 Å². The Morgan fingerprint density at radius 2 is 2.14 bits per heavy atom. The number of hydrogen-bond acceptors (Lipinski definition) is 3. The van der Waals surface area contributed by atoms with Crippen LogP contribution in [0.25, 0.3) is 0 Å². The monoisotopic (exact) mass is 193 g/mol. The first-order chi connectivity index (χ1) is 6.56. The van der Waals surface area contributed by atoms with Crippen molar-refractivity contribution < 1.29 is 9.47 Å². The van der Waals surface area contributed by atoms with Crippen molar-refractivity contribution in [2.75, 3.05) is 6.79 Å². The fourth-order valence-corrected chi connectivity index (χ4v) is 1.58. The molecule has 3 nitrogen and oxygen atoms in total. The van der Waals surface area contributed by atoms with Crippen LogP contribution < -0.4 is 9.47 Å². The van der Waals surface area contributed by atoms with E-state index in [1.807, 2.05) is 6.07 Å². The average molecular weight is 193 g/mol. The van der Waals surface area contributed by atoms with Crippen molar-refractivity contribution in [2.45, 2.75) is 27.2 Å². The van der Waals surface area contributed by atoms with Gasteiger partial charge in [-0.15, -0.1) is 0 Å². The van der Waals surface area contributed by atoms with Crippen molar-refractivity contribution >= 4 is 0 Å². The lowest BCUT2D eigenvalue weighted by Gasteiger charge is -2.18. The molecule has 14 heavy (non-hydrogen) atoms. The van der Waals surface area contributed by atoms with Gasteiger partial charge in [-0.1, -0.05) is 20.8 Å². The smallest absolute Gasteiger partial charge is 0.260 e. The third-order valence-corrected chi connectivity index (χ3v) is 2.07. The number of fused-ring (bicyclic) bond motifs is 1. The van der Waals surface area contributed by atoms with E-state index >= 15 is 0 Å². The van der Waals surface area contributed by atoms with E-state index in [0.29, 0.717) is 12.7 Å². The van der Waals surface area contributed by atoms with E-state index in [1.54, 1.807) is 6.20 Å². The van der Waals surface area contributed by atoms with Crippen molar-refractivity contribution in [1.29, 1.82) is 0 Å². The van der Waals surface area contributed by atoms with Gasteiger partial charge in [0.2, 0.25) is 6.79 Å². The quantitative estimate of drug-likeness (QED) is 0.686. The molecular formula is C11H15NO2. The van der Waals surface area contributed by atoms with Gasteiger partial charge >= 0.3 is 0 Å². The molecule has 0 bridgehead atoms. The summed E-state index contributed by atoms with van der Waals surface area (Å²) in [4.78, 5) is 4.10. The second-order valence-corrected chi connectivity index (χ2v) is 4.75. The largest absolute Gasteiger partial charge is 0.451 e. The maximum absolute atomic E-state index is 5.39. The van der Waals surface area contributed by atoms with Gasteiger partial charge < -0.3 is 9.47 Å². The van der Waals surface area contributed by atoms with Gasteiger partial charge in [0, 0.05) is 11.8 Å². The minimum atomic E-state index is 0.251. The van der Waals surface area contributed by atoms with E-state index in [0.717, 1.165) is 12.2 Å². The molecule has 0 saturated carbocycles.